The molecule has 0 amide bonds. The van der Waals surface area contributed by atoms with E-state index in [1.807, 2.05) is 61.9 Å². The van der Waals surface area contributed by atoms with Gasteiger partial charge in [-0.05, 0) is 32.6 Å². The second-order valence-corrected chi connectivity index (χ2v) is 4.87. The quantitative estimate of drug-likeness (QED) is 0.773. The van der Waals surface area contributed by atoms with E-state index in [4.69, 9.17) is 4.74 Å². The Morgan fingerprint density at radius 2 is 1.84 bits per heavy atom. The van der Waals surface area contributed by atoms with E-state index in [-0.39, 0.29) is 12.3 Å². The third kappa shape index (κ3) is 3.22. The van der Waals surface area contributed by atoms with Gasteiger partial charge < -0.3 is 4.74 Å². The molecule has 0 bridgehead atoms. The lowest BCUT2D eigenvalue weighted by Gasteiger charge is -2.27. The minimum Gasteiger partial charge on any atom is -0.349 e. The molecular weight excluding hydrogens is 238 g/mol. The van der Waals surface area contributed by atoms with Crippen molar-refractivity contribution in [2.75, 3.05) is 14.1 Å². The predicted octanol–water partition coefficient (Wildman–Crippen LogP) is 2.43. The van der Waals surface area contributed by atoms with Crippen molar-refractivity contribution in [3.8, 4) is 0 Å². The largest absolute Gasteiger partial charge is 0.349 e. The van der Waals surface area contributed by atoms with E-state index in [0.717, 1.165) is 11.3 Å². The normalized spacial score (nSPS) is 14.6. The maximum Gasteiger partial charge on any atom is 0.126 e. The van der Waals surface area contributed by atoms with E-state index in [9.17, 15) is 0 Å². The van der Waals surface area contributed by atoms with Gasteiger partial charge >= 0.3 is 0 Å². The minimum atomic E-state index is -0.105. The van der Waals surface area contributed by atoms with E-state index in [0.29, 0.717) is 0 Å². The van der Waals surface area contributed by atoms with Crippen LogP contribution in [0.4, 0.5) is 0 Å². The SMILES string of the molecule is CC(OC(c1ccccc1)c1ccnn1C)N(C)C. The maximum atomic E-state index is 6.19. The van der Waals surface area contributed by atoms with Gasteiger partial charge in [-0.3, -0.25) is 9.58 Å². The van der Waals surface area contributed by atoms with Crippen molar-refractivity contribution in [2.24, 2.45) is 7.05 Å². The second kappa shape index (κ2) is 5.99. The first-order chi connectivity index (χ1) is 9.09. The molecule has 1 heterocycles. The van der Waals surface area contributed by atoms with Crippen molar-refractivity contribution in [2.45, 2.75) is 19.3 Å². The number of ether oxygens (including phenoxy) is 1. The smallest absolute Gasteiger partial charge is 0.126 e. The highest BCUT2D eigenvalue weighted by Gasteiger charge is 2.21. The average molecular weight is 259 g/mol. The zero-order valence-corrected chi connectivity index (χ0v) is 11.9. The lowest BCUT2D eigenvalue weighted by molar-refractivity contribution is -0.0590. The second-order valence-electron chi connectivity index (χ2n) is 4.87. The molecule has 0 radical (unpaired) electrons. The number of nitrogens with zero attached hydrogens (tertiary/aromatic N) is 3. The Balaban J connectivity index is 2.32. The lowest BCUT2D eigenvalue weighted by atomic mass is 10.1. The topological polar surface area (TPSA) is 30.3 Å². The molecule has 2 aromatic rings. The van der Waals surface area contributed by atoms with Crippen molar-refractivity contribution in [3.05, 3.63) is 53.9 Å². The highest BCUT2D eigenvalue weighted by atomic mass is 16.5. The van der Waals surface area contributed by atoms with Gasteiger partial charge in [0.2, 0.25) is 0 Å². The number of rotatable bonds is 5. The van der Waals surface area contributed by atoms with Crippen LogP contribution < -0.4 is 0 Å². The minimum absolute atomic E-state index is 0.0279. The van der Waals surface area contributed by atoms with E-state index in [1.165, 1.54) is 0 Å². The molecule has 0 N–H and O–H groups in total. The first-order valence-corrected chi connectivity index (χ1v) is 6.44. The Bertz CT molecular complexity index is 507. The van der Waals surface area contributed by atoms with Gasteiger partial charge in [0.15, 0.2) is 0 Å². The van der Waals surface area contributed by atoms with Gasteiger partial charge in [0, 0.05) is 13.2 Å². The molecule has 0 saturated carbocycles. The Hall–Kier alpha value is -1.65. The molecule has 4 nitrogen and oxygen atoms in total. The molecule has 1 aromatic carbocycles. The number of aryl methyl sites for hydroxylation is 1. The highest BCUT2D eigenvalue weighted by Crippen LogP contribution is 2.27. The Morgan fingerprint density at radius 1 is 1.16 bits per heavy atom. The fourth-order valence-corrected chi connectivity index (χ4v) is 1.91. The molecule has 1 aromatic heterocycles. The van der Waals surface area contributed by atoms with Crippen molar-refractivity contribution in [1.29, 1.82) is 0 Å². The molecule has 0 aliphatic carbocycles. The summed E-state index contributed by atoms with van der Waals surface area (Å²) in [5.41, 5.74) is 2.19. The molecule has 2 atom stereocenters. The fraction of sp³-hybridized carbons (Fsp3) is 0.400. The number of benzene rings is 1. The van der Waals surface area contributed by atoms with E-state index < -0.39 is 0 Å². The van der Waals surface area contributed by atoms with Crippen LogP contribution in [0.3, 0.4) is 0 Å². The first-order valence-electron chi connectivity index (χ1n) is 6.44. The summed E-state index contributed by atoms with van der Waals surface area (Å²) in [5.74, 6) is 0. The van der Waals surface area contributed by atoms with Gasteiger partial charge in [-0.25, -0.2) is 0 Å². The van der Waals surface area contributed by atoms with Crippen LogP contribution in [0.15, 0.2) is 42.6 Å². The van der Waals surface area contributed by atoms with Crippen molar-refractivity contribution in [1.82, 2.24) is 14.7 Å². The zero-order chi connectivity index (χ0) is 13.8. The molecule has 0 aliphatic rings. The summed E-state index contributed by atoms with van der Waals surface area (Å²) >= 11 is 0. The van der Waals surface area contributed by atoms with Gasteiger partial charge in [0.1, 0.15) is 12.3 Å². The zero-order valence-electron chi connectivity index (χ0n) is 11.9. The fourth-order valence-electron chi connectivity index (χ4n) is 1.91. The number of hydrogen-bond acceptors (Lipinski definition) is 3. The molecule has 0 spiro atoms. The molecule has 0 fully saturated rings. The Kier molecular flexibility index (Phi) is 4.35. The van der Waals surface area contributed by atoms with Crippen molar-refractivity contribution in [3.63, 3.8) is 0 Å². The molecule has 0 saturated heterocycles. The van der Waals surface area contributed by atoms with Crippen LogP contribution >= 0.6 is 0 Å². The summed E-state index contributed by atoms with van der Waals surface area (Å²) in [6.07, 6.45) is 1.72. The van der Waals surface area contributed by atoms with Crippen LogP contribution in [0.1, 0.15) is 24.3 Å². The third-order valence-electron chi connectivity index (χ3n) is 3.29. The molecule has 2 unspecified atom stereocenters. The number of hydrogen-bond donors (Lipinski definition) is 0. The van der Waals surface area contributed by atoms with Crippen LogP contribution in [0.5, 0.6) is 0 Å². The molecule has 2 rings (SSSR count). The van der Waals surface area contributed by atoms with Crippen LogP contribution in [0.25, 0.3) is 0 Å². The summed E-state index contributed by atoms with van der Waals surface area (Å²) in [7, 11) is 5.96. The molecule has 4 heteroatoms. The molecule has 102 valence electrons. The highest BCUT2D eigenvalue weighted by molar-refractivity contribution is 5.25. The van der Waals surface area contributed by atoms with E-state index in [1.54, 1.807) is 6.20 Å². The van der Waals surface area contributed by atoms with Gasteiger partial charge in [0.05, 0.1) is 5.69 Å². The van der Waals surface area contributed by atoms with Gasteiger partial charge in [-0.2, -0.15) is 5.10 Å². The van der Waals surface area contributed by atoms with Crippen LogP contribution in [-0.4, -0.2) is 35.0 Å². The standard InChI is InChI=1S/C15H21N3O/c1-12(17(2)3)19-15(13-8-6-5-7-9-13)14-10-11-16-18(14)4/h5-12,15H,1-4H3. The van der Waals surface area contributed by atoms with Crippen molar-refractivity contribution >= 4 is 0 Å². The average Bonchev–Trinajstić information content (AvgIpc) is 2.82. The summed E-state index contributed by atoms with van der Waals surface area (Å²) < 4.78 is 8.05. The monoisotopic (exact) mass is 259 g/mol. The van der Waals surface area contributed by atoms with E-state index in [2.05, 4.69) is 17.2 Å². The van der Waals surface area contributed by atoms with E-state index >= 15 is 0 Å². The maximum absolute atomic E-state index is 6.19. The summed E-state index contributed by atoms with van der Waals surface area (Å²) in [6.45, 7) is 2.05. The summed E-state index contributed by atoms with van der Waals surface area (Å²) in [4.78, 5) is 2.05. The number of aromatic nitrogens is 2. The lowest BCUT2D eigenvalue weighted by Crippen LogP contribution is -2.30. The predicted molar refractivity (Wildman–Crippen MR) is 75.7 cm³/mol. The summed E-state index contributed by atoms with van der Waals surface area (Å²) in [5, 5.41) is 4.24. The first kappa shape index (κ1) is 13.8. The third-order valence-corrected chi connectivity index (χ3v) is 3.29. The molecule has 19 heavy (non-hydrogen) atoms. The summed E-state index contributed by atoms with van der Waals surface area (Å²) in [6, 6.07) is 12.2. The van der Waals surface area contributed by atoms with Gasteiger partial charge in [0.25, 0.3) is 0 Å². The van der Waals surface area contributed by atoms with Crippen LogP contribution in [0, 0.1) is 0 Å². The van der Waals surface area contributed by atoms with Crippen LogP contribution in [0.2, 0.25) is 0 Å². The Labute approximate surface area is 114 Å². The molecule has 0 aliphatic heterocycles. The molecular formula is C15H21N3O. The van der Waals surface area contributed by atoms with Crippen molar-refractivity contribution < 1.29 is 4.74 Å². The Morgan fingerprint density at radius 3 is 2.37 bits per heavy atom. The van der Waals surface area contributed by atoms with Gasteiger partial charge in [-0.1, -0.05) is 30.3 Å². The van der Waals surface area contributed by atoms with Crippen LogP contribution in [-0.2, 0) is 11.8 Å². The van der Waals surface area contributed by atoms with Gasteiger partial charge in [-0.15, -0.1) is 0 Å².